The molecule has 1 saturated heterocycles. The van der Waals surface area contributed by atoms with Gasteiger partial charge in [-0.15, -0.1) is 0 Å². The van der Waals surface area contributed by atoms with E-state index in [9.17, 15) is 4.79 Å². The van der Waals surface area contributed by atoms with Gasteiger partial charge < -0.3 is 14.3 Å². The molecule has 0 bridgehead atoms. The lowest BCUT2D eigenvalue weighted by molar-refractivity contribution is -0.131. The average Bonchev–Trinajstić information content (AvgIpc) is 3.04. The number of benzene rings is 1. The molecule has 0 spiro atoms. The lowest BCUT2D eigenvalue weighted by Gasteiger charge is -2.34. The van der Waals surface area contributed by atoms with E-state index in [2.05, 4.69) is 41.4 Å². The number of hydrogen-bond donors (Lipinski definition) is 0. The Morgan fingerprint density at radius 1 is 1.35 bits per heavy atom. The van der Waals surface area contributed by atoms with Crippen LogP contribution in [-0.2, 0) is 17.6 Å². The second kappa shape index (κ2) is 8.99. The molecule has 1 fully saturated rings. The number of amides is 1. The number of hydrogen-bond acceptors (Lipinski definition) is 4. The van der Waals surface area contributed by atoms with Crippen LogP contribution in [0.1, 0.15) is 29.9 Å². The van der Waals surface area contributed by atoms with Crippen molar-refractivity contribution < 1.29 is 9.32 Å². The van der Waals surface area contributed by atoms with Gasteiger partial charge in [-0.05, 0) is 51.3 Å². The molecule has 2 aromatic rings. The second-order valence-corrected chi connectivity index (χ2v) is 7.46. The molecule has 1 aromatic heterocycles. The molecule has 5 nitrogen and oxygen atoms in total. The Balaban J connectivity index is 1.64. The predicted molar refractivity (Wildman–Crippen MR) is 102 cm³/mol. The van der Waals surface area contributed by atoms with Crippen LogP contribution in [0, 0.1) is 12.8 Å². The molecule has 1 aliphatic heterocycles. The number of nitrogens with zero attached hydrogens (tertiary/aromatic N) is 3. The first-order chi connectivity index (χ1) is 12.6. The Bertz CT molecular complexity index is 698. The van der Waals surface area contributed by atoms with E-state index in [4.69, 9.17) is 4.52 Å². The van der Waals surface area contributed by atoms with Crippen molar-refractivity contribution in [1.82, 2.24) is 15.0 Å². The van der Waals surface area contributed by atoms with Crippen LogP contribution >= 0.6 is 0 Å². The fourth-order valence-corrected chi connectivity index (χ4v) is 3.72. The van der Waals surface area contributed by atoms with Gasteiger partial charge in [-0.3, -0.25) is 4.79 Å². The van der Waals surface area contributed by atoms with Gasteiger partial charge >= 0.3 is 0 Å². The van der Waals surface area contributed by atoms with Gasteiger partial charge in [0.2, 0.25) is 5.91 Å². The highest BCUT2D eigenvalue weighted by atomic mass is 16.5. The molecule has 1 aromatic carbocycles. The quantitative estimate of drug-likeness (QED) is 0.766. The van der Waals surface area contributed by atoms with E-state index in [1.54, 1.807) is 0 Å². The van der Waals surface area contributed by atoms with Gasteiger partial charge in [0, 0.05) is 25.7 Å². The molecule has 2 heterocycles. The van der Waals surface area contributed by atoms with Gasteiger partial charge in [0.1, 0.15) is 5.76 Å². The van der Waals surface area contributed by atoms with Crippen molar-refractivity contribution in [3.63, 3.8) is 0 Å². The normalized spacial score (nSPS) is 18.0. The average molecular weight is 355 g/mol. The molecular formula is C21H29N3O2. The van der Waals surface area contributed by atoms with E-state index in [-0.39, 0.29) is 12.3 Å². The molecule has 0 aliphatic carbocycles. The van der Waals surface area contributed by atoms with E-state index in [1.165, 1.54) is 18.4 Å². The van der Waals surface area contributed by atoms with Crippen molar-refractivity contribution in [3.05, 3.63) is 53.4 Å². The lowest BCUT2D eigenvalue weighted by Crippen LogP contribution is -2.43. The molecule has 1 aliphatic rings. The maximum atomic E-state index is 12.9. The number of likely N-dealkylation sites (tertiary alicyclic amines) is 1. The Morgan fingerprint density at radius 3 is 2.85 bits per heavy atom. The molecule has 26 heavy (non-hydrogen) atoms. The number of piperidine rings is 1. The topological polar surface area (TPSA) is 49.6 Å². The largest absolute Gasteiger partial charge is 0.361 e. The van der Waals surface area contributed by atoms with Crippen molar-refractivity contribution in [2.24, 2.45) is 5.92 Å². The zero-order valence-corrected chi connectivity index (χ0v) is 15.9. The minimum absolute atomic E-state index is 0.130. The van der Waals surface area contributed by atoms with Crippen molar-refractivity contribution in [1.29, 1.82) is 0 Å². The monoisotopic (exact) mass is 355 g/mol. The molecule has 1 amide bonds. The van der Waals surface area contributed by atoms with Gasteiger partial charge in [-0.2, -0.15) is 0 Å². The van der Waals surface area contributed by atoms with Crippen molar-refractivity contribution in [2.45, 2.75) is 32.6 Å². The molecule has 1 atom stereocenters. The molecule has 0 radical (unpaired) electrons. The molecule has 3 rings (SSSR count). The van der Waals surface area contributed by atoms with Gasteiger partial charge in [-0.1, -0.05) is 35.5 Å². The highest BCUT2D eigenvalue weighted by Crippen LogP contribution is 2.18. The summed E-state index contributed by atoms with van der Waals surface area (Å²) < 4.78 is 5.25. The van der Waals surface area contributed by atoms with Crippen LogP contribution in [0.25, 0.3) is 0 Å². The standard InChI is InChI=1S/C21H29N3O2/c1-17-13-20(26-22-17)14-21(25)24(12-10-18-7-4-3-5-8-18)16-19-9-6-11-23(2)15-19/h3-5,7-8,13,19H,6,9-12,14-16H2,1-2H3. The van der Waals surface area contributed by atoms with E-state index in [0.29, 0.717) is 11.7 Å². The Labute approximate surface area is 156 Å². The number of aryl methyl sites for hydroxylation is 1. The van der Waals surface area contributed by atoms with Crippen LogP contribution in [0.4, 0.5) is 0 Å². The van der Waals surface area contributed by atoms with Gasteiger partial charge in [-0.25, -0.2) is 0 Å². The first-order valence-electron chi connectivity index (χ1n) is 9.52. The SMILES string of the molecule is Cc1cc(CC(=O)N(CCc2ccccc2)CC2CCCN(C)C2)on1. The van der Waals surface area contributed by atoms with Crippen molar-refractivity contribution in [2.75, 3.05) is 33.2 Å². The van der Waals surface area contributed by atoms with Crippen LogP contribution in [0.5, 0.6) is 0 Å². The third kappa shape index (κ3) is 5.43. The van der Waals surface area contributed by atoms with Crippen LogP contribution in [0.3, 0.4) is 0 Å². The summed E-state index contributed by atoms with van der Waals surface area (Å²) >= 11 is 0. The van der Waals surface area contributed by atoms with Crippen LogP contribution < -0.4 is 0 Å². The smallest absolute Gasteiger partial charge is 0.230 e. The Kier molecular flexibility index (Phi) is 6.45. The van der Waals surface area contributed by atoms with Crippen LogP contribution in [0.15, 0.2) is 40.9 Å². The van der Waals surface area contributed by atoms with E-state index >= 15 is 0 Å². The van der Waals surface area contributed by atoms with Gasteiger partial charge in [0.05, 0.1) is 12.1 Å². The zero-order chi connectivity index (χ0) is 18.4. The Morgan fingerprint density at radius 2 is 2.15 bits per heavy atom. The molecule has 1 unspecified atom stereocenters. The summed E-state index contributed by atoms with van der Waals surface area (Å²) in [5, 5.41) is 3.90. The summed E-state index contributed by atoms with van der Waals surface area (Å²) in [6, 6.07) is 12.2. The van der Waals surface area contributed by atoms with Gasteiger partial charge in [0.25, 0.3) is 0 Å². The molecule has 140 valence electrons. The van der Waals surface area contributed by atoms with Crippen molar-refractivity contribution >= 4 is 5.91 Å². The summed E-state index contributed by atoms with van der Waals surface area (Å²) in [6.07, 6.45) is 3.58. The summed E-state index contributed by atoms with van der Waals surface area (Å²) in [6.45, 7) is 5.67. The summed E-state index contributed by atoms with van der Waals surface area (Å²) in [4.78, 5) is 17.3. The van der Waals surface area contributed by atoms with Gasteiger partial charge in [0.15, 0.2) is 0 Å². The number of rotatable bonds is 7. The highest BCUT2D eigenvalue weighted by Gasteiger charge is 2.23. The molecule has 5 heteroatoms. The van der Waals surface area contributed by atoms with Crippen LogP contribution in [0.2, 0.25) is 0 Å². The maximum absolute atomic E-state index is 12.9. The fraction of sp³-hybridized carbons (Fsp3) is 0.524. The van der Waals surface area contributed by atoms with E-state index < -0.39 is 0 Å². The summed E-state index contributed by atoms with van der Waals surface area (Å²) in [5.74, 6) is 1.33. The van der Waals surface area contributed by atoms with Crippen molar-refractivity contribution in [3.8, 4) is 0 Å². The molecule has 0 N–H and O–H groups in total. The van der Waals surface area contributed by atoms with E-state index in [1.807, 2.05) is 24.0 Å². The number of carbonyl (C=O) groups is 1. The number of aromatic nitrogens is 1. The molecular weight excluding hydrogens is 326 g/mol. The lowest BCUT2D eigenvalue weighted by atomic mass is 9.97. The first-order valence-corrected chi connectivity index (χ1v) is 9.52. The first kappa shape index (κ1) is 18.6. The predicted octanol–water partition coefficient (Wildman–Crippen LogP) is 2.94. The minimum Gasteiger partial charge on any atom is -0.361 e. The third-order valence-corrected chi connectivity index (χ3v) is 5.07. The number of carbonyl (C=O) groups excluding carboxylic acids is 1. The summed E-state index contributed by atoms with van der Waals surface area (Å²) in [7, 11) is 2.17. The van der Waals surface area contributed by atoms with E-state index in [0.717, 1.165) is 38.3 Å². The Hall–Kier alpha value is -2.14. The third-order valence-electron chi connectivity index (χ3n) is 5.07. The zero-order valence-electron chi connectivity index (χ0n) is 15.9. The highest BCUT2D eigenvalue weighted by molar-refractivity contribution is 5.78. The maximum Gasteiger partial charge on any atom is 0.230 e. The fourth-order valence-electron chi connectivity index (χ4n) is 3.72. The molecule has 0 saturated carbocycles. The summed E-state index contributed by atoms with van der Waals surface area (Å²) in [5.41, 5.74) is 2.08. The minimum atomic E-state index is 0.130. The van der Waals surface area contributed by atoms with Crippen LogP contribution in [-0.4, -0.2) is 54.1 Å². The second-order valence-electron chi connectivity index (χ2n) is 7.46.